The average Bonchev–Trinajstić information content (AvgIpc) is 0.811. The Balaban J connectivity index is 2.80. The van der Waals surface area contributed by atoms with Crippen LogP contribution in [0.15, 0.2) is 0 Å². The lowest BCUT2D eigenvalue weighted by molar-refractivity contribution is -0.134. The van der Waals surface area contributed by atoms with Crippen LogP contribution in [0.3, 0.4) is 0 Å². The lowest BCUT2D eigenvalue weighted by atomic mass is 12.7. The highest BCUT2D eigenvalue weighted by atomic mass is 16.7. The third-order valence-corrected chi connectivity index (χ3v) is 0. The molecule has 0 aromatic heterocycles. The standard InChI is InChI=1S/C2H4O2/c1-2(3)4/h1H3,(H,3,4)/i1+2,2+2. The number of carboxylic acids is 1. The molecule has 24 valence electrons. The van der Waals surface area contributed by atoms with Gasteiger partial charge in [-0.05, 0) is 0 Å². The first-order chi connectivity index (χ1) is 1.73. The van der Waals surface area contributed by atoms with Crippen LogP contribution in [0.2, 0.25) is 0 Å². The van der Waals surface area contributed by atoms with Gasteiger partial charge in [0.05, 0.1) is 0 Å². The molecule has 2 heteroatoms. The highest BCUT2D eigenvalue weighted by Gasteiger charge is 1.65. The van der Waals surface area contributed by atoms with Gasteiger partial charge in [-0.2, -0.15) is 0 Å². The van der Waals surface area contributed by atoms with Crippen LogP contribution in [0.5, 0.6) is 0 Å². The Bertz CT molecular complexity index is 27.0. The van der Waals surface area contributed by atoms with E-state index in [4.69, 9.17) is 9.90 Å². The van der Waals surface area contributed by atoms with Gasteiger partial charge in [-0.1, -0.05) is 0 Å². The molecule has 0 aliphatic carbocycles. The maximum Gasteiger partial charge on any atom is 0.300 e. The van der Waals surface area contributed by atoms with E-state index >= 15 is 0 Å². The largest absolute Gasteiger partial charge is 0.481 e. The maximum atomic E-state index is 9.00. The van der Waals surface area contributed by atoms with Crippen LogP contribution in [-0.4, -0.2) is 11.1 Å². The van der Waals surface area contributed by atoms with E-state index in [9.17, 15) is 0 Å². The zero-order valence-electron chi connectivity index (χ0n) is 2.36. The minimum Gasteiger partial charge on any atom is -0.481 e. The van der Waals surface area contributed by atoms with Gasteiger partial charge < -0.3 is 5.11 Å². The second kappa shape index (κ2) is 0.875. The lowest BCUT2D eigenvalue weighted by Crippen LogP contribution is -1.78. The molecule has 0 bridgehead atoms. The van der Waals surface area contributed by atoms with E-state index in [1.807, 2.05) is 0 Å². The first-order valence-electron chi connectivity index (χ1n) is 0.928. The molecule has 0 rings (SSSR count). The molecule has 0 atom stereocenters. The maximum absolute atomic E-state index is 9.00. The molecule has 0 amide bonds. The SMILES string of the molecule is [14CH3][14C](=O)O. The molecule has 0 aliphatic heterocycles. The van der Waals surface area contributed by atoms with Gasteiger partial charge in [0.15, 0.2) is 0 Å². The molecule has 0 saturated carbocycles. The highest BCUT2D eigenvalue weighted by molar-refractivity contribution is 5.62. The highest BCUT2D eigenvalue weighted by Crippen LogP contribution is 1.42. The summed E-state index contributed by atoms with van der Waals surface area (Å²) >= 11 is 0. The summed E-state index contributed by atoms with van der Waals surface area (Å²) in [6, 6.07) is 0. The first kappa shape index (κ1) is 3.47. The number of carboxylic acid groups (broad SMARTS) is 1. The van der Waals surface area contributed by atoms with Crippen LogP contribution in [0.25, 0.3) is 0 Å². The quantitative estimate of drug-likeness (QED) is 0.433. The molecule has 0 aromatic carbocycles. The Hall–Kier alpha value is -0.530. The predicted molar refractivity (Wildman–Crippen MR) is 13.3 cm³/mol. The van der Waals surface area contributed by atoms with Crippen molar-refractivity contribution in [1.29, 1.82) is 0 Å². The van der Waals surface area contributed by atoms with Crippen LogP contribution in [-0.2, 0) is 4.79 Å². The van der Waals surface area contributed by atoms with Crippen LogP contribution < -0.4 is 0 Å². The zero-order chi connectivity index (χ0) is 3.58. The lowest BCUT2D eigenvalue weighted by Gasteiger charge is -1.59. The Labute approximate surface area is 24.1 Å². The van der Waals surface area contributed by atoms with Crippen molar-refractivity contribution in [2.24, 2.45) is 0 Å². The topological polar surface area (TPSA) is 37.3 Å². The number of hydrogen-bond acceptors (Lipinski definition) is 1. The molecule has 1 N–H and O–H groups in total. The molecule has 0 saturated heterocycles. The Morgan fingerprint density at radius 3 is 2.00 bits per heavy atom. The fourth-order valence-electron chi connectivity index (χ4n) is 0. The molecule has 0 unspecified atom stereocenters. The molecule has 0 spiro atoms. The molecule has 0 radical (unpaired) electrons. The summed E-state index contributed by atoms with van der Waals surface area (Å²) in [5.74, 6) is -0.833. The molecule has 0 aromatic rings. The second-order valence-electron chi connectivity index (χ2n) is 0.519. The monoisotopic (exact) mass is 64.0 g/mol. The third kappa shape index (κ3) is 1.16. The molecule has 0 fully saturated rings. The normalized spacial score (nSPS) is 6.25. The smallest absolute Gasteiger partial charge is 0.300 e. The van der Waals surface area contributed by atoms with Crippen molar-refractivity contribution in [3.8, 4) is 0 Å². The van der Waals surface area contributed by atoms with Crippen molar-refractivity contribution in [3.05, 3.63) is 0 Å². The van der Waals surface area contributed by atoms with Gasteiger partial charge in [-0.25, -0.2) is 0 Å². The number of hydrogen-bond donors (Lipinski definition) is 1. The zero-order valence-corrected chi connectivity index (χ0v) is 2.36. The molecule has 0 aliphatic rings. The van der Waals surface area contributed by atoms with Gasteiger partial charge in [0.2, 0.25) is 0 Å². The van der Waals surface area contributed by atoms with Crippen molar-refractivity contribution in [2.45, 2.75) is 6.92 Å². The van der Waals surface area contributed by atoms with Gasteiger partial charge in [0, 0.05) is 6.92 Å². The van der Waals surface area contributed by atoms with Crippen molar-refractivity contribution in [3.63, 3.8) is 0 Å². The summed E-state index contributed by atoms with van der Waals surface area (Å²) in [7, 11) is 0. The van der Waals surface area contributed by atoms with E-state index in [0.717, 1.165) is 6.92 Å². The van der Waals surface area contributed by atoms with E-state index in [1.54, 1.807) is 0 Å². The van der Waals surface area contributed by atoms with Gasteiger partial charge in [-0.15, -0.1) is 0 Å². The average molecular weight is 64.0 g/mol. The van der Waals surface area contributed by atoms with Gasteiger partial charge >= 0.3 is 0 Å². The Kier molecular flexibility index (Phi) is 0.759. The van der Waals surface area contributed by atoms with E-state index < -0.39 is 5.97 Å². The number of carbonyl (C=O) groups is 1. The molecule has 2 nitrogen and oxygen atoms in total. The van der Waals surface area contributed by atoms with Crippen LogP contribution in [0.4, 0.5) is 0 Å². The minimum atomic E-state index is -0.833. The second-order valence-corrected chi connectivity index (χ2v) is 0.519. The van der Waals surface area contributed by atoms with Crippen molar-refractivity contribution < 1.29 is 9.90 Å². The number of aliphatic carboxylic acids is 1. The molecular weight excluding hydrogens is 60.0 g/mol. The fourth-order valence-corrected chi connectivity index (χ4v) is 0. The predicted octanol–water partition coefficient (Wildman–Crippen LogP) is 0.0909. The molecular formula is C2H4O2. The summed E-state index contributed by atoms with van der Waals surface area (Å²) in [4.78, 5) is 9.00. The van der Waals surface area contributed by atoms with Gasteiger partial charge in [0.25, 0.3) is 5.97 Å². The minimum absolute atomic E-state index is 0.833. The van der Waals surface area contributed by atoms with E-state index in [1.165, 1.54) is 0 Å². The van der Waals surface area contributed by atoms with E-state index in [-0.39, 0.29) is 0 Å². The van der Waals surface area contributed by atoms with Crippen LogP contribution in [0, 0.1) is 0 Å². The molecule has 0 heterocycles. The number of rotatable bonds is 0. The summed E-state index contributed by atoms with van der Waals surface area (Å²) in [5, 5.41) is 7.42. The van der Waals surface area contributed by atoms with E-state index in [2.05, 4.69) is 0 Å². The van der Waals surface area contributed by atoms with Crippen LogP contribution in [0.1, 0.15) is 6.92 Å². The first-order valence-corrected chi connectivity index (χ1v) is 0.928. The van der Waals surface area contributed by atoms with Gasteiger partial charge in [0.1, 0.15) is 0 Å². The summed E-state index contributed by atoms with van der Waals surface area (Å²) in [5.41, 5.74) is 0. The summed E-state index contributed by atoms with van der Waals surface area (Å²) in [6.45, 7) is 1.08. The van der Waals surface area contributed by atoms with Crippen molar-refractivity contribution >= 4 is 5.97 Å². The van der Waals surface area contributed by atoms with Gasteiger partial charge in [-0.3, -0.25) is 4.79 Å². The van der Waals surface area contributed by atoms with E-state index in [0.29, 0.717) is 0 Å². The van der Waals surface area contributed by atoms with Crippen molar-refractivity contribution in [2.75, 3.05) is 0 Å². The summed E-state index contributed by atoms with van der Waals surface area (Å²) < 4.78 is 0. The summed E-state index contributed by atoms with van der Waals surface area (Å²) in [6.07, 6.45) is 0. The third-order valence-electron chi connectivity index (χ3n) is 0. The van der Waals surface area contributed by atoms with Crippen LogP contribution >= 0.6 is 0 Å². The van der Waals surface area contributed by atoms with Crippen molar-refractivity contribution in [1.82, 2.24) is 0 Å². The Morgan fingerprint density at radius 1 is 2.00 bits per heavy atom. The molecule has 4 heavy (non-hydrogen) atoms. The fraction of sp³-hybridized carbons (Fsp3) is 0.500. The Morgan fingerprint density at radius 2 is 2.00 bits per heavy atom.